The van der Waals surface area contributed by atoms with E-state index in [9.17, 15) is 0 Å². The third-order valence-electron chi connectivity index (χ3n) is 3.93. The van der Waals surface area contributed by atoms with Crippen molar-refractivity contribution in [3.63, 3.8) is 0 Å². The molecule has 0 aliphatic heterocycles. The van der Waals surface area contributed by atoms with E-state index in [2.05, 4.69) is 17.2 Å². The van der Waals surface area contributed by atoms with Crippen molar-refractivity contribution in [2.24, 2.45) is 0 Å². The van der Waals surface area contributed by atoms with Crippen LogP contribution in [0.5, 0.6) is 11.5 Å². The molecule has 152 valence electrons. The molecular formula is C20H29Cl3N2O2. The van der Waals surface area contributed by atoms with Crippen LogP contribution in [0.3, 0.4) is 0 Å². The summed E-state index contributed by atoms with van der Waals surface area (Å²) >= 11 is 6.41. The lowest BCUT2D eigenvalue weighted by atomic mass is 10.2. The first-order chi connectivity index (χ1) is 12.2. The quantitative estimate of drug-likeness (QED) is 0.450. The van der Waals surface area contributed by atoms with Gasteiger partial charge in [-0.05, 0) is 36.7 Å². The first kappa shape index (κ1) is 25.8. The standard InChI is InChI=1S/C20H27ClN2O2.2ClH/c1-3-4-5-6-9-22-14-17-11-18(21)20(19(12-17)24-2)25-15-16-8-7-10-23-13-16;;/h7-8,10-13,22H,3-6,9,14-15H2,1-2H3;2*1H. The highest BCUT2D eigenvalue weighted by atomic mass is 35.5. The van der Waals surface area contributed by atoms with Crippen molar-refractivity contribution in [2.75, 3.05) is 13.7 Å². The van der Waals surface area contributed by atoms with E-state index in [0.29, 0.717) is 23.1 Å². The number of methoxy groups -OCH3 is 1. The Balaban J connectivity index is 0.00000338. The zero-order valence-electron chi connectivity index (χ0n) is 15.9. The summed E-state index contributed by atoms with van der Waals surface area (Å²) in [6.45, 7) is 4.41. The Morgan fingerprint density at radius 2 is 1.93 bits per heavy atom. The minimum absolute atomic E-state index is 0. The highest BCUT2D eigenvalue weighted by Crippen LogP contribution is 2.36. The summed E-state index contributed by atoms with van der Waals surface area (Å²) in [7, 11) is 1.63. The van der Waals surface area contributed by atoms with E-state index < -0.39 is 0 Å². The second-order valence-electron chi connectivity index (χ2n) is 6.00. The van der Waals surface area contributed by atoms with Gasteiger partial charge in [0.1, 0.15) is 6.61 Å². The van der Waals surface area contributed by atoms with Gasteiger partial charge in [0.05, 0.1) is 12.1 Å². The lowest BCUT2D eigenvalue weighted by molar-refractivity contribution is 0.284. The molecule has 1 heterocycles. The number of aromatic nitrogens is 1. The minimum Gasteiger partial charge on any atom is -0.493 e. The van der Waals surface area contributed by atoms with E-state index in [0.717, 1.165) is 24.2 Å². The predicted molar refractivity (Wildman–Crippen MR) is 117 cm³/mol. The van der Waals surface area contributed by atoms with Gasteiger partial charge in [0.2, 0.25) is 0 Å². The van der Waals surface area contributed by atoms with E-state index in [1.807, 2.05) is 24.3 Å². The predicted octanol–water partition coefficient (Wildman–Crippen LogP) is 5.84. The summed E-state index contributed by atoms with van der Waals surface area (Å²) in [4.78, 5) is 4.08. The molecule has 1 aromatic heterocycles. The molecular weight excluding hydrogens is 407 g/mol. The van der Waals surface area contributed by atoms with Crippen LogP contribution >= 0.6 is 36.4 Å². The topological polar surface area (TPSA) is 43.4 Å². The molecule has 0 fully saturated rings. The van der Waals surface area contributed by atoms with E-state index in [4.69, 9.17) is 21.1 Å². The number of halogens is 3. The van der Waals surface area contributed by atoms with Crippen LogP contribution in [0.1, 0.15) is 43.7 Å². The molecule has 0 amide bonds. The average Bonchev–Trinajstić information content (AvgIpc) is 2.64. The monoisotopic (exact) mass is 434 g/mol. The molecule has 7 heteroatoms. The van der Waals surface area contributed by atoms with Crippen LogP contribution < -0.4 is 14.8 Å². The molecule has 0 unspecified atom stereocenters. The zero-order valence-corrected chi connectivity index (χ0v) is 18.3. The van der Waals surface area contributed by atoms with E-state index >= 15 is 0 Å². The third kappa shape index (κ3) is 9.02. The number of ether oxygens (including phenoxy) is 2. The van der Waals surface area contributed by atoms with Crippen molar-refractivity contribution >= 4 is 36.4 Å². The van der Waals surface area contributed by atoms with Gasteiger partial charge < -0.3 is 14.8 Å². The van der Waals surface area contributed by atoms with Gasteiger partial charge in [0.25, 0.3) is 0 Å². The Labute approximate surface area is 179 Å². The molecule has 0 aliphatic rings. The number of nitrogens with one attached hydrogen (secondary N) is 1. The number of benzene rings is 1. The van der Waals surface area contributed by atoms with Crippen molar-refractivity contribution in [3.8, 4) is 11.5 Å². The molecule has 0 atom stereocenters. The Morgan fingerprint density at radius 1 is 1.11 bits per heavy atom. The van der Waals surface area contributed by atoms with Gasteiger partial charge in [0, 0.05) is 24.5 Å². The first-order valence-corrected chi connectivity index (χ1v) is 9.21. The molecule has 2 aromatic rings. The molecule has 27 heavy (non-hydrogen) atoms. The van der Waals surface area contributed by atoms with Gasteiger partial charge in [-0.15, -0.1) is 24.8 Å². The second kappa shape index (κ2) is 14.8. The third-order valence-corrected chi connectivity index (χ3v) is 4.21. The lowest BCUT2D eigenvalue weighted by Crippen LogP contribution is -2.14. The van der Waals surface area contributed by atoms with Crippen LogP contribution in [-0.2, 0) is 13.2 Å². The summed E-state index contributed by atoms with van der Waals surface area (Å²) in [5.74, 6) is 1.22. The number of hydrogen-bond acceptors (Lipinski definition) is 4. The van der Waals surface area contributed by atoms with Crippen LogP contribution in [0.2, 0.25) is 5.02 Å². The van der Waals surface area contributed by atoms with Gasteiger partial charge in [-0.25, -0.2) is 0 Å². The molecule has 0 radical (unpaired) electrons. The van der Waals surface area contributed by atoms with E-state index in [1.54, 1.807) is 19.5 Å². The fourth-order valence-electron chi connectivity index (χ4n) is 2.56. The number of rotatable bonds is 11. The van der Waals surface area contributed by atoms with Crippen molar-refractivity contribution < 1.29 is 9.47 Å². The highest BCUT2D eigenvalue weighted by molar-refractivity contribution is 6.32. The zero-order chi connectivity index (χ0) is 17.9. The van der Waals surface area contributed by atoms with Gasteiger partial charge in [-0.1, -0.05) is 43.9 Å². The van der Waals surface area contributed by atoms with Crippen LogP contribution in [0.25, 0.3) is 0 Å². The maximum absolute atomic E-state index is 6.41. The minimum atomic E-state index is 0. The molecule has 2 rings (SSSR count). The van der Waals surface area contributed by atoms with Crippen LogP contribution in [0.4, 0.5) is 0 Å². The number of unbranched alkanes of at least 4 members (excludes halogenated alkanes) is 3. The Kier molecular flexibility index (Phi) is 14.2. The molecule has 0 saturated heterocycles. The summed E-state index contributed by atoms with van der Waals surface area (Å²) in [5.41, 5.74) is 2.07. The molecule has 1 N–H and O–H groups in total. The summed E-state index contributed by atoms with van der Waals surface area (Å²) < 4.78 is 11.3. The number of nitrogens with zero attached hydrogens (tertiary/aromatic N) is 1. The normalized spacial score (nSPS) is 9.89. The molecule has 0 bridgehead atoms. The van der Waals surface area contributed by atoms with Gasteiger partial charge in [-0.2, -0.15) is 0 Å². The maximum atomic E-state index is 6.41. The van der Waals surface area contributed by atoms with Crippen molar-refractivity contribution in [2.45, 2.75) is 45.8 Å². The molecule has 4 nitrogen and oxygen atoms in total. The summed E-state index contributed by atoms with van der Waals surface area (Å²) in [6.07, 6.45) is 8.54. The van der Waals surface area contributed by atoms with Crippen molar-refractivity contribution in [3.05, 3.63) is 52.8 Å². The Hall–Kier alpha value is -1.20. The smallest absolute Gasteiger partial charge is 0.180 e. The second-order valence-corrected chi connectivity index (χ2v) is 6.40. The van der Waals surface area contributed by atoms with Crippen molar-refractivity contribution in [1.82, 2.24) is 10.3 Å². The first-order valence-electron chi connectivity index (χ1n) is 8.83. The molecule has 1 aromatic carbocycles. The summed E-state index contributed by atoms with van der Waals surface area (Å²) in [6, 6.07) is 7.75. The van der Waals surface area contributed by atoms with Gasteiger partial charge >= 0.3 is 0 Å². The van der Waals surface area contributed by atoms with Gasteiger partial charge in [-0.3, -0.25) is 4.98 Å². The van der Waals surface area contributed by atoms with Crippen LogP contribution in [-0.4, -0.2) is 18.6 Å². The van der Waals surface area contributed by atoms with Crippen molar-refractivity contribution in [1.29, 1.82) is 0 Å². The molecule has 0 aliphatic carbocycles. The average molecular weight is 436 g/mol. The van der Waals surface area contributed by atoms with Gasteiger partial charge in [0.15, 0.2) is 11.5 Å². The largest absolute Gasteiger partial charge is 0.493 e. The fourth-order valence-corrected chi connectivity index (χ4v) is 2.85. The number of hydrogen-bond donors (Lipinski definition) is 1. The summed E-state index contributed by atoms with van der Waals surface area (Å²) in [5, 5.41) is 4.01. The fraction of sp³-hybridized carbons (Fsp3) is 0.450. The highest BCUT2D eigenvalue weighted by Gasteiger charge is 2.12. The lowest BCUT2D eigenvalue weighted by Gasteiger charge is -2.14. The van der Waals surface area contributed by atoms with Crippen LogP contribution in [0.15, 0.2) is 36.7 Å². The Bertz CT molecular complexity index is 643. The Morgan fingerprint density at radius 3 is 2.59 bits per heavy atom. The van der Waals surface area contributed by atoms with E-state index in [-0.39, 0.29) is 24.8 Å². The maximum Gasteiger partial charge on any atom is 0.180 e. The molecule has 0 spiro atoms. The van der Waals surface area contributed by atoms with Crippen LogP contribution in [0, 0.1) is 0 Å². The molecule has 0 saturated carbocycles. The SMILES string of the molecule is CCCCCCNCc1cc(Cl)c(OCc2cccnc2)c(OC)c1.Cl.Cl. The number of pyridine rings is 1. The van der Waals surface area contributed by atoms with E-state index in [1.165, 1.54) is 25.7 Å².